The summed E-state index contributed by atoms with van der Waals surface area (Å²) in [6.45, 7) is 3.21. The Bertz CT molecular complexity index is 2260. The molecule has 4 rings (SSSR count). The molecule has 246 valence electrons. The zero-order valence-electron chi connectivity index (χ0n) is 24.8. The number of aromatic nitrogens is 4. The van der Waals surface area contributed by atoms with E-state index < -0.39 is 47.9 Å². The van der Waals surface area contributed by atoms with E-state index in [1.807, 2.05) is 0 Å². The number of hydrogen-bond acceptors (Lipinski definition) is 9. The molecule has 0 aliphatic carbocycles. The molecule has 4 aromatic rings. The van der Waals surface area contributed by atoms with Gasteiger partial charge in [-0.3, -0.25) is 24.3 Å². The van der Waals surface area contributed by atoms with Crippen LogP contribution in [0.3, 0.4) is 0 Å². The van der Waals surface area contributed by atoms with Crippen LogP contribution in [-0.2, 0) is 29.4 Å². The van der Waals surface area contributed by atoms with E-state index in [1.165, 1.54) is 60.7 Å². The van der Waals surface area contributed by atoms with Crippen molar-refractivity contribution in [1.82, 2.24) is 19.6 Å². The minimum absolute atomic E-state index is 0.00960. The molecule has 2 aromatic heterocycles. The fraction of sp³-hybridized carbons (Fsp3) is 0.133. The monoisotopic (exact) mass is 684 g/mol. The van der Waals surface area contributed by atoms with E-state index in [2.05, 4.69) is 21.8 Å². The van der Waals surface area contributed by atoms with Crippen molar-refractivity contribution in [2.45, 2.75) is 23.6 Å². The molecule has 4 N–H and O–H groups in total. The lowest BCUT2D eigenvalue weighted by molar-refractivity contribution is 0.0509. The van der Waals surface area contributed by atoms with E-state index in [4.69, 9.17) is 9.47 Å². The molecule has 1 unspecified atom stereocenters. The second-order valence-electron chi connectivity index (χ2n) is 9.46. The van der Waals surface area contributed by atoms with E-state index in [0.29, 0.717) is 0 Å². The van der Waals surface area contributed by atoms with Crippen LogP contribution in [0.5, 0.6) is 0 Å². The van der Waals surface area contributed by atoms with Gasteiger partial charge in [0.05, 0.1) is 45.5 Å². The molecule has 0 saturated carbocycles. The highest BCUT2D eigenvalue weighted by Gasteiger charge is 2.22. The number of rotatable bonds is 11. The predicted molar refractivity (Wildman–Crippen MR) is 172 cm³/mol. The van der Waals surface area contributed by atoms with Gasteiger partial charge in [0.15, 0.2) is 11.4 Å². The largest absolute Gasteiger partial charge is 0.461 e. The summed E-state index contributed by atoms with van der Waals surface area (Å²) in [5.41, 5.74) is 1.13. The molecule has 47 heavy (non-hydrogen) atoms. The molecule has 0 saturated heterocycles. The number of nitrogens with one attached hydrogen (secondary N) is 2. The summed E-state index contributed by atoms with van der Waals surface area (Å²) in [4.78, 5) is 51.4. The first-order valence-electron chi connectivity index (χ1n) is 13.6. The van der Waals surface area contributed by atoms with Crippen molar-refractivity contribution in [2.24, 2.45) is 0 Å². The third-order valence-electron chi connectivity index (χ3n) is 6.35. The molecule has 0 radical (unpaired) electrons. The van der Waals surface area contributed by atoms with Crippen LogP contribution in [0.15, 0.2) is 85.8 Å². The van der Waals surface area contributed by atoms with Gasteiger partial charge in [-0.25, -0.2) is 23.2 Å². The summed E-state index contributed by atoms with van der Waals surface area (Å²) >= 11 is 0. The van der Waals surface area contributed by atoms with Crippen molar-refractivity contribution in [3.8, 4) is 11.4 Å². The van der Waals surface area contributed by atoms with Gasteiger partial charge >= 0.3 is 11.9 Å². The Morgan fingerprint density at radius 2 is 1.26 bits per heavy atom. The minimum atomic E-state index is -4.47. The number of esters is 2. The molecule has 2 heterocycles. The van der Waals surface area contributed by atoms with Crippen molar-refractivity contribution in [1.29, 1.82) is 0 Å². The first kappa shape index (κ1) is 34.4. The predicted octanol–water partition coefficient (Wildman–Crippen LogP) is 2.67. The third-order valence-corrected chi connectivity index (χ3v) is 8.23. The van der Waals surface area contributed by atoms with E-state index in [-0.39, 0.29) is 52.0 Å². The number of nitrogens with zero attached hydrogens (tertiary/aromatic N) is 2. The quantitative estimate of drug-likeness (QED) is 0.0591. The molecule has 0 aliphatic heterocycles. The molecule has 17 heteroatoms. The van der Waals surface area contributed by atoms with E-state index in [0.717, 1.165) is 21.5 Å². The first-order chi connectivity index (χ1) is 22.2. The van der Waals surface area contributed by atoms with Crippen LogP contribution in [0.4, 0.5) is 0 Å². The van der Waals surface area contributed by atoms with Gasteiger partial charge in [-0.2, -0.15) is 8.42 Å². The van der Waals surface area contributed by atoms with Crippen LogP contribution in [0.1, 0.15) is 46.0 Å². The first-order valence-corrected chi connectivity index (χ1v) is 16.7. The van der Waals surface area contributed by atoms with Gasteiger partial charge in [-0.15, -0.1) is 5.73 Å². The van der Waals surface area contributed by atoms with Crippen molar-refractivity contribution in [3.63, 3.8) is 0 Å². The molecular weight excluding hydrogens is 656 g/mol. The third kappa shape index (κ3) is 7.69. The number of aromatic amines is 2. The van der Waals surface area contributed by atoms with Crippen LogP contribution in [0, 0.1) is 0 Å². The maximum Gasteiger partial charge on any atom is 0.357 e. The summed E-state index contributed by atoms with van der Waals surface area (Å²) in [6.07, 6.45) is 5.14. The molecule has 1 atom stereocenters. The van der Waals surface area contributed by atoms with E-state index in [1.54, 1.807) is 13.8 Å². The Hall–Kier alpha value is -5.45. The van der Waals surface area contributed by atoms with Crippen LogP contribution in [0.25, 0.3) is 23.5 Å². The maximum absolute atomic E-state index is 13.3. The number of benzene rings is 2. The van der Waals surface area contributed by atoms with Gasteiger partial charge in [0.25, 0.3) is 21.2 Å². The minimum Gasteiger partial charge on any atom is -0.461 e. The molecule has 0 fully saturated rings. The Morgan fingerprint density at radius 1 is 0.809 bits per heavy atom. The Morgan fingerprint density at radius 3 is 1.70 bits per heavy atom. The Labute approximate surface area is 267 Å². The highest BCUT2D eigenvalue weighted by atomic mass is 32.2. The topological polar surface area (TPSA) is 220 Å². The normalized spacial score (nSPS) is 12.7. The summed E-state index contributed by atoms with van der Waals surface area (Å²) in [7, 11) is -7.95. The zero-order chi connectivity index (χ0) is 34.5. The Balaban J connectivity index is 1.72. The molecule has 0 bridgehead atoms. The highest BCUT2D eigenvalue weighted by molar-refractivity contribution is 7.95. The molecule has 2 aromatic carbocycles. The molecule has 0 spiro atoms. The van der Waals surface area contributed by atoms with Crippen LogP contribution in [-0.4, -0.2) is 72.3 Å². The van der Waals surface area contributed by atoms with Gasteiger partial charge < -0.3 is 14.0 Å². The standard InChI is InChI=1S/C30H28N4O11S2/c1-4-44-29(37)25-23(27(35)33(31-25)19-11-15-21(16-12-19)46(3,39)40)9-7-6-8-10-24-26(30(38)45-5-2)32-34(28(24)36)20-13-17-22(18-14-20)47(41,42)43/h6-7,9-18,31-32H,3-5H2,1-2H3,(H,39,40)(H,41,42,43). The molecule has 0 aliphatic rings. The SMILES string of the molecule is C=S(=O)(O)c1ccc(-n2[nH]c(C(=O)OCC)c(C=CC=C=Cc3c(C(=O)OCC)[nH]n(-c4ccc(S(=O)(=O)O)cc4)c3=O)c2=O)cc1. The Kier molecular flexibility index (Phi) is 10.2. The number of ether oxygens (including phenoxy) is 2. The van der Waals surface area contributed by atoms with Crippen LogP contribution in [0.2, 0.25) is 0 Å². The number of allylic oxidation sites excluding steroid dienone is 2. The van der Waals surface area contributed by atoms with Crippen molar-refractivity contribution < 1.29 is 40.8 Å². The molecule has 0 amide bonds. The second-order valence-corrected chi connectivity index (χ2v) is 12.6. The number of carbonyl (C=O) groups excluding carboxylic acids is 2. The summed E-state index contributed by atoms with van der Waals surface area (Å²) in [6, 6.07) is 10.1. The van der Waals surface area contributed by atoms with Crippen molar-refractivity contribution in [2.75, 3.05) is 13.2 Å². The van der Waals surface area contributed by atoms with Gasteiger partial charge in [-0.05, 0) is 86.5 Å². The zero-order valence-corrected chi connectivity index (χ0v) is 26.5. The van der Waals surface area contributed by atoms with Gasteiger partial charge in [0.2, 0.25) is 0 Å². The second kappa shape index (κ2) is 13.9. The van der Waals surface area contributed by atoms with Crippen molar-refractivity contribution in [3.05, 3.63) is 110 Å². The highest BCUT2D eigenvalue weighted by Crippen LogP contribution is 2.16. The smallest absolute Gasteiger partial charge is 0.357 e. The summed E-state index contributed by atoms with van der Waals surface area (Å²) in [5.74, 6) is 1.54. The summed E-state index contributed by atoms with van der Waals surface area (Å²) < 4.78 is 65.5. The average Bonchev–Trinajstić information content (AvgIpc) is 3.52. The van der Waals surface area contributed by atoms with Gasteiger partial charge in [-0.1, -0.05) is 6.08 Å². The fourth-order valence-electron chi connectivity index (χ4n) is 4.18. The maximum atomic E-state index is 13.3. The fourth-order valence-corrected chi connectivity index (χ4v) is 5.22. The van der Waals surface area contributed by atoms with Crippen LogP contribution >= 0.6 is 0 Å². The van der Waals surface area contributed by atoms with E-state index in [9.17, 15) is 40.9 Å². The van der Waals surface area contributed by atoms with E-state index >= 15 is 0 Å². The van der Waals surface area contributed by atoms with Crippen LogP contribution < -0.4 is 11.1 Å². The van der Waals surface area contributed by atoms with Crippen molar-refractivity contribution >= 4 is 49.9 Å². The molecular formula is C30H28N4O11S2. The molecule has 15 nitrogen and oxygen atoms in total. The lowest BCUT2D eigenvalue weighted by Crippen LogP contribution is -2.16. The average molecular weight is 685 g/mol. The van der Waals surface area contributed by atoms with Gasteiger partial charge in [0.1, 0.15) is 9.80 Å². The lowest BCUT2D eigenvalue weighted by atomic mass is 10.2. The number of H-pyrrole nitrogens is 2. The number of carbonyl (C=O) groups is 2. The summed E-state index contributed by atoms with van der Waals surface area (Å²) in [5, 5.41) is 5.31. The lowest BCUT2D eigenvalue weighted by Gasteiger charge is -2.05. The number of hydrogen-bond donors (Lipinski definition) is 4. The van der Waals surface area contributed by atoms with Gasteiger partial charge in [0, 0.05) is 0 Å².